The maximum Gasteiger partial charge on any atom is 0.266 e. The highest BCUT2D eigenvalue weighted by molar-refractivity contribution is 5.56. The normalized spacial score (nSPS) is 17.0. The molecule has 0 saturated carbocycles. The van der Waals surface area contributed by atoms with Crippen molar-refractivity contribution in [3.8, 4) is 11.3 Å². The Labute approximate surface area is 156 Å². The van der Waals surface area contributed by atoms with E-state index in [4.69, 9.17) is 4.42 Å². The van der Waals surface area contributed by atoms with E-state index >= 15 is 0 Å². The molecule has 2 aliphatic rings. The molecule has 0 spiro atoms. The number of likely N-dealkylation sites (tertiary alicyclic amines) is 1. The summed E-state index contributed by atoms with van der Waals surface area (Å²) in [5.74, 6) is 2.32. The number of hydrogen-bond donors (Lipinski definition) is 0. The molecule has 5 rings (SSSR count). The van der Waals surface area contributed by atoms with Crippen LogP contribution in [0.2, 0.25) is 0 Å². The Balaban J connectivity index is 1.21. The fourth-order valence-electron chi connectivity index (χ4n) is 3.92. The summed E-state index contributed by atoms with van der Waals surface area (Å²) in [7, 11) is 0. The molecular formula is C20H21N5O2. The molecule has 138 valence electrons. The van der Waals surface area contributed by atoms with E-state index in [0.29, 0.717) is 12.5 Å². The Morgan fingerprint density at radius 1 is 1.19 bits per heavy atom. The fraction of sp³-hybridized carbons (Fsp3) is 0.400. The van der Waals surface area contributed by atoms with E-state index in [9.17, 15) is 4.79 Å². The van der Waals surface area contributed by atoms with Crippen molar-refractivity contribution in [2.24, 2.45) is 5.92 Å². The van der Waals surface area contributed by atoms with E-state index in [0.717, 1.165) is 67.5 Å². The number of pyridine rings is 1. The van der Waals surface area contributed by atoms with E-state index in [2.05, 4.69) is 20.0 Å². The van der Waals surface area contributed by atoms with Crippen molar-refractivity contribution in [1.82, 2.24) is 24.6 Å². The molecule has 1 aliphatic heterocycles. The van der Waals surface area contributed by atoms with Crippen molar-refractivity contribution in [1.29, 1.82) is 0 Å². The third-order valence-electron chi connectivity index (χ3n) is 5.29. The second-order valence-corrected chi connectivity index (χ2v) is 7.37. The van der Waals surface area contributed by atoms with Crippen molar-refractivity contribution < 1.29 is 4.42 Å². The first-order chi connectivity index (χ1) is 13.2. The van der Waals surface area contributed by atoms with Crippen molar-refractivity contribution in [3.63, 3.8) is 0 Å². The van der Waals surface area contributed by atoms with Gasteiger partial charge < -0.3 is 4.42 Å². The van der Waals surface area contributed by atoms with Gasteiger partial charge in [-0.3, -0.25) is 14.7 Å². The highest BCUT2D eigenvalue weighted by atomic mass is 16.4. The Morgan fingerprint density at radius 3 is 2.93 bits per heavy atom. The average molecular weight is 363 g/mol. The standard InChI is InChI=1S/C20H21N5O2/c26-20-7-6-16(15-3-2-8-21-9-15)23-25(20)12-14-10-24(11-14)13-19-22-17-4-1-5-18(17)27-19/h2-3,6-9,14H,1,4-5,10-13H2. The quantitative estimate of drug-likeness (QED) is 0.689. The van der Waals surface area contributed by atoms with Crippen LogP contribution in [-0.2, 0) is 25.9 Å². The smallest absolute Gasteiger partial charge is 0.266 e. The second-order valence-electron chi connectivity index (χ2n) is 7.37. The monoisotopic (exact) mass is 363 g/mol. The van der Waals surface area contributed by atoms with Crippen molar-refractivity contribution in [3.05, 3.63) is 64.4 Å². The van der Waals surface area contributed by atoms with Gasteiger partial charge in [-0.05, 0) is 31.0 Å². The molecule has 7 nitrogen and oxygen atoms in total. The number of nitrogens with zero attached hydrogens (tertiary/aromatic N) is 5. The van der Waals surface area contributed by atoms with Gasteiger partial charge in [0.15, 0.2) is 0 Å². The average Bonchev–Trinajstić information content (AvgIpc) is 3.24. The summed E-state index contributed by atoms with van der Waals surface area (Å²) in [6.45, 7) is 3.24. The van der Waals surface area contributed by atoms with Gasteiger partial charge in [0.25, 0.3) is 5.56 Å². The van der Waals surface area contributed by atoms with Gasteiger partial charge in [0.1, 0.15) is 5.76 Å². The predicted octanol–water partition coefficient (Wildman–Crippen LogP) is 1.91. The van der Waals surface area contributed by atoms with Gasteiger partial charge in [0.2, 0.25) is 5.89 Å². The lowest BCUT2D eigenvalue weighted by Gasteiger charge is -2.38. The molecule has 1 aliphatic carbocycles. The maximum absolute atomic E-state index is 12.2. The van der Waals surface area contributed by atoms with Crippen LogP contribution in [0.5, 0.6) is 0 Å². The van der Waals surface area contributed by atoms with Crippen LogP contribution in [0, 0.1) is 5.92 Å². The SMILES string of the molecule is O=c1ccc(-c2cccnc2)nn1CC1CN(Cc2nc3c(o2)CCC3)C1. The highest BCUT2D eigenvalue weighted by Gasteiger charge is 2.29. The molecule has 0 radical (unpaired) electrons. The number of aryl methyl sites for hydroxylation is 2. The van der Waals surface area contributed by atoms with Crippen LogP contribution >= 0.6 is 0 Å². The predicted molar refractivity (Wildman–Crippen MR) is 99.0 cm³/mol. The molecule has 0 unspecified atom stereocenters. The number of hydrogen-bond acceptors (Lipinski definition) is 6. The summed E-state index contributed by atoms with van der Waals surface area (Å²) in [5, 5.41) is 4.52. The minimum atomic E-state index is -0.0646. The van der Waals surface area contributed by atoms with Crippen molar-refractivity contribution in [2.75, 3.05) is 13.1 Å². The molecule has 0 amide bonds. The lowest BCUT2D eigenvalue weighted by atomic mass is 10.0. The lowest BCUT2D eigenvalue weighted by molar-refractivity contribution is 0.0677. The zero-order chi connectivity index (χ0) is 18.2. The molecule has 1 saturated heterocycles. The molecule has 3 aromatic heterocycles. The van der Waals surface area contributed by atoms with E-state index in [1.807, 2.05) is 12.1 Å². The number of aromatic nitrogens is 4. The fourth-order valence-corrected chi connectivity index (χ4v) is 3.92. The third-order valence-corrected chi connectivity index (χ3v) is 5.29. The Morgan fingerprint density at radius 2 is 2.11 bits per heavy atom. The largest absolute Gasteiger partial charge is 0.444 e. The van der Waals surface area contributed by atoms with Gasteiger partial charge in [0.05, 0.1) is 24.5 Å². The summed E-state index contributed by atoms with van der Waals surface area (Å²) >= 11 is 0. The van der Waals surface area contributed by atoms with Gasteiger partial charge in [-0.15, -0.1) is 0 Å². The van der Waals surface area contributed by atoms with E-state index < -0.39 is 0 Å². The Kier molecular flexibility index (Phi) is 4.09. The zero-order valence-electron chi connectivity index (χ0n) is 15.0. The first-order valence-electron chi connectivity index (χ1n) is 9.43. The van der Waals surface area contributed by atoms with Gasteiger partial charge >= 0.3 is 0 Å². The van der Waals surface area contributed by atoms with E-state index in [1.54, 1.807) is 29.2 Å². The van der Waals surface area contributed by atoms with Crippen molar-refractivity contribution >= 4 is 0 Å². The minimum Gasteiger partial charge on any atom is -0.444 e. The maximum atomic E-state index is 12.2. The lowest BCUT2D eigenvalue weighted by Crippen LogP contribution is -2.48. The molecule has 0 atom stereocenters. The van der Waals surface area contributed by atoms with Crippen LogP contribution < -0.4 is 5.56 Å². The highest BCUT2D eigenvalue weighted by Crippen LogP contribution is 2.25. The van der Waals surface area contributed by atoms with Gasteiger partial charge in [-0.2, -0.15) is 5.10 Å². The molecule has 1 fully saturated rings. The van der Waals surface area contributed by atoms with Gasteiger partial charge in [-0.1, -0.05) is 0 Å². The zero-order valence-corrected chi connectivity index (χ0v) is 15.0. The molecule has 27 heavy (non-hydrogen) atoms. The minimum absolute atomic E-state index is 0.0646. The van der Waals surface area contributed by atoms with E-state index in [-0.39, 0.29) is 5.56 Å². The Hall–Kier alpha value is -2.80. The number of fused-ring (bicyclic) bond motifs is 1. The van der Waals surface area contributed by atoms with Crippen LogP contribution in [0.3, 0.4) is 0 Å². The summed E-state index contributed by atoms with van der Waals surface area (Å²) in [6, 6.07) is 7.16. The van der Waals surface area contributed by atoms with Crippen LogP contribution in [0.25, 0.3) is 11.3 Å². The van der Waals surface area contributed by atoms with Crippen LogP contribution in [-0.4, -0.2) is 37.7 Å². The first-order valence-corrected chi connectivity index (χ1v) is 9.43. The molecule has 0 bridgehead atoms. The molecule has 0 N–H and O–H groups in total. The van der Waals surface area contributed by atoms with Gasteiger partial charge in [0, 0.05) is 49.5 Å². The molecule has 4 heterocycles. The van der Waals surface area contributed by atoms with Crippen LogP contribution in [0.4, 0.5) is 0 Å². The summed E-state index contributed by atoms with van der Waals surface area (Å²) in [4.78, 5) is 23.2. The number of rotatable bonds is 5. The van der Waals surface area contributed by atoms with Crippen LogP contribution in [0.1, 0.15) is 23.8 Å². The van der Waals surface area contributed by atoms with Gasteiger partial charge in [-0.25, -0.2) is 9.67 Å². The van der Waals surface area contributed by atoms with Crippen molar-refractivity contribution in [2.45, 2.75) is 32.4 Å². The van der Waals surface area contributed by atoms with Crippen LogP contribution in [0.15, 0.2) is 45.9 Å². The van der Waals surface area contributed by atoms with E-state index in [1.165, 1.54) is 0 Å². The Bertz CT molecular complexity index is 983. The molecule has 0 aromatic carbocycles. The summed E-state index contributed by atoms with van der Waals surface area (Å²) in [6.07, 6.45) is 6.71. The molecular weight excluding hydrogens is 342 g/mol. The summed E-state index contributed by atoms with van der Waals surface area (Å²) in [5.41, 5.74) is 2.77. The third kappa shape index (κ3) is 3.30. The number of oxazole rings is 1. The summed E-state index contributed by atoms with van der Waals surface area (Å²) < 4.78 is 7.42. The molecule has 3 aromatic rings. The second kappa shape index (κ2) is 6.74. The first kappa shape index (κ1) is 16.4. The topological polar surface area (TPSA) is 77.1 Å². The molecule has 7 heteroatoms.